The molecule has 1 aromatic carbocycles. The van der Waals surface area contributed by atoms with Gasteiger partial charge >= 0.3 is 5.97 Å². The van der Waals surface area contributed by atoms with Crippen molar-refractivity contribution in [2.45, 2.75) is 38.8 Å². The number of carboxylic acid groups (broad SMARTS) is 1. The van der Waals surface area contributed by atoms with Crippen LogP contribution in [0, 0.1) is 0 Å². The van der Waals surface area contributed by atoms with Gasteiger partial charge in [-0.05, 0) is 24.6 Å². The Kier molecular flexibility index (Phi) is 6.87. The van der Waals surface area contributed by atoms with Crippen LogP contribution >= 0.6 is 15.9 Å². The highest BCUT2D eigenvalue weighted by Gasteiger charge is 2.16. The Morgan fingerprint density at radius 2 is 2.26 bits per heavy atom. The second kappa shape index (κ2) is 8.17. The number of carboxylic acids is 1. The van der Waals surface area contributed by atoms with E-state index in [0.29, 0.717) is 13.0 Å². The molecule has 0 saturated heterocycles. The van der Waals surface area contributed by atoms with Crippen LogP contribution in [0.4, 0.5) is 0 Å². The third-order valence-corrected chi connectivity index (χ3v) is 3.42. The predicted molar refractivity (Wildman–Crippen MR) is 78.5 cm³/mol. The summed E-state index contributed by atoms with van der Waals surface area (Å²) in [5.41, 5.74) is 0.944. The molecule has 5 heteroatoms. The van der Waals surface area contributed by atoms with Gasteiger partial charge in [0.05, 0.1) is 7.11 Å². The predicted octanol–water partition coefficient (Wildman–Crippen LogP) is 3.19. The quantitative estimate of drug-likeness (QED) is 0.769. The van der Waals surface area contributed by atoms with E-state index in [-0.39, 0.29) is 0 Å². The van der Waals surface area contributed by atoms with Gasteiger partial charge in [0.15, 0.2) is 0 Å². The van der Waals surface area contributed by atoms with Crippen molar-refractivity contribution in [1.29, 1.82) is 0 Å². The van der Waals surface area contributed by atoms with E-state index in [4.69, 9.17) is 9.84 Å². The number of unbranched alkanes of at least 4 members (excludes halogenated alkanes) is 1. The second-order valence-corrected chi connectivity index (χ2v) is 5.29. The molecule has 0 bridgehead atoms. The molecular formula is C14H20BrNO3. The Morgan fingerprint density at radius 1 is 1.53 bits per heavy atom. The van der Waals surface area contributed by atoms with Crippen LogP contribution in [0.3, 0.4) is 0 Å². The van der Waals surface area contributed by atoms with Gasteiger partial charge in [-0.3, -0.25) is 4.79 Å². The minimum atomic E-state index is -0.803. The summed E-state index contributed by atoms with van der Waals surface area (Å²) in [7, 11) is 1.61. The van der Waals surface area contributed by atoms with Gasteiger partial charge < -0.3 is 15.2 Å². The van der Waals surface area contributed by atoms with Crippen molar-refractivity contribution in [2.75, 3.05) is 7.11 Å². The number of rotatable bonds is 8. The van der Waals surface area contributed by atoms with E-state index < -0.39 is 12.0 Å². The zero-order valence-corrected chi connectivity index (χ0v) is 12.9. The smallest absolute Gasteiger partial charge is 0.320 e. The van der Waals surface area contributed by atoms with Gasteiger partial charge in [0, 0.05) is 16.6 Å². The number of benzene rings is 1. The fraction of sp³-hybridized carbons (Fsp3) is 0.500. The Hall–Kier alpha value is -1.07. The molecule has 0 amide bonds. The lowest BCUT2D eigenvalue weighted by Crippen LogP contribution is -2.36. The molecule has 0 saturated carbocycles. The first-order valence-corrected chi connectivity index (χ1v) is 7.16. The van der Waals surface area contributed by atoms with E-state index in [0.717, 1.165) is 28.6 Å². The second-order valence-electron chi connectivity index (χ2n) is 4.37. The molecular weight excluding hydrogens is 310 g/mol. The van der Waals surface area contributed by atoms with E-state index in [1.807, 2.05) is 18.2 Å². The molecule has 0 radical (unpaired) electrons. The number of hydrogen-bond acceptors (Lipinski definition) is 3. The molecule has 0 fully saturated rings. The van der Waals surface area contributed by atoms with Crippen molar-refractivity contribution >= 4 is 21.9 Å². The number of halogens is 1. The lowest BCUT2D eigenvalue weighted by molar-refractivity contribution is -0.139. The summed E-state index contributed by atoms with van der Waals surface area (Å²) >= 11 is 3.40. The first-order valence-electron chi connectivity index (χ1n) is 6.37. The highest BCUT2D eigenvalue weighted by atomic mass is 79.9. The lowest BCUT2D eigenvalue weighted by atomic mass is 10.1. The maximum Gasteiger partial charge on any atom is 0.320 e. The van der Waals surface area contributed by atoms with Crippen LogP contribution in [0.15, 0.2) is 22.7 Å². The van der Waals surface area contributed by atoms with Crippen LogP contribution in [-0.2, 0) is 11.3 Å². The number of carbonyl (C=O) groups is 1. The topological polar surface area (TPSA) is 58.6 Å². The maximum atomic E-state index is 11.1. The maximum absolute atomic E-state index is 11.1. The zero-order chi connectivity index (χ0) is 14.3. The van der Waals surface area contributed by atoms with E-state index in [1.54, 1.807) is 7.11 Å². The van der Waals surface area contributed by atoms with Gasteiger partial charge in [-0.1, -0.05) is 35.7 Å². The van der Waals surface area contributed by atoms with Gasteiger partial charge in [-0.2, -0.15) is 0 Å². The Morgan fingerprint density at radius 3 is 2.84 bits per heavy atom. The molecule has 0 spiro atoms. The minimum absolute atomic E-state index is 0.475. The number of nitrogens with one attached hydrogen (secondary N) is 1. The van der Waals surface area contributed by atoms with Gasteiger partial charge in [-0.25, -0.2) is 0 Å². The molecule has 4 nitrogen and oxygen atoms in total. The number of methoxy groups -OCH3 is 1. The van der Waals surface area contributed by atoms with Gasteiger partial charge in [-0.15, -0.1) is 0 Å². The summed E-state index contributed by atoms with van der Waals surface area (Å²) in [5, 5.41) is 12.2. The van der Waals surface area contributed by atoms with Crippen LogP contribution in [0.2, 0.25) is 0 Å². The zero-order valence-electron chi connectivity index (χ0n) is 11.3. The molecule has 1 rings (SSSR count). The molecule has 1 atom stereocenters. The van der Waals surface area contributed by atoms with E-state index in [1.165, 1.54) is 0 Å². The molecule has 2 N–H and O–H groups in total. The van der Waals surface area contributed by atoms with Crippen molar-refractivity contribution in [3.05, 3.63) is 28.2 Å². The molecule has 0 unspecified atom stereocenters. The Labute approximate surface area is 122 Å². The average Bonchev–Trinajstić information content (AvgIpc) is 2.38. The fourth-order valence-corrected chi connectivity index (χ4v) is 2.25. The number of aliphatic carboxylic acids is 1. The highest BCUT2D eigenvalue weighted by molar-refractivity contribution is 9.10. The molecule has 0 aliphatic heterocycles. The monoisotopic (exact) mass is 329 g/mol. The number of hydrogen-bond donors (Lipinski definition) is 2. The van der Waals surface area contributed by atoms with Crippen molar-refractivity contribution in [3.63, 3.8) is 0 Å². The summed E-state index contributed by atoms with van der Waals surface area (Å²) in [6.07, 6.45) is 2.54. The van der Waals surface area contributed by atoms with Crippen molar-refractivity contribution in [1.82, 2.24) is 5.32 Å². The van der Waals surface area contributed by atoms with Crippen molar-refractivity contribution < 1.29 is 14.6 Å². The lowest BCUT2D eigenvalue weighted by Gasteiger charge is -2.15. The third-order valence-electron chi connectivity index (χ3n) is 2.93. The molecule has 1 aromatic rings. The first kappa shape index (κ1) is 16.0. The largest absolute Gasteiger partial charge is 0.496 e. The standard InChI is InChI=1S/C14H20BrNO3/c1-3-4-5-12(14(17)18)16-9-10-8-11(15)6-7-13(10)19-2/h6-8,12,16H,3-5,9H2,1-2H3,(H,17,18)/t12-/m0/s1. The van der Waals surface area contributed by atoms with E-state index >= 15 is 0 Å². The minimum Gasteiger partial charge on any atom is -0.496 e. The van der Waals surface area contributed by atoms with Crippen LogP contribution in [0.1, 0.15) is 31.7 Å². The highest BCUT2D eigenvalue weighted by Crippen LogP contribution is 2.23. The molecule has 19 heavy (non-hydrogen) atoms. The molecule has 0 aliphatic rings. The molecule has 0 aromatic heterocycles. The van der Waals surface area contributed by atoms with E-state index in [9.17, 15) is 4.79 Å². The van der Waals surface area contributed by atoms with Gasteiger partial charge in [0.1, 0.15) is 11.8 Å². The molecule has 0 aliphatic carbocycles. The summed E-state index contributed by atoms with van der Waals surface area (Å²) in [5.74, 6) is -0.0438. The van der Waals surface area contributed by atoms with Gasteiger partial charge in [0.2, 0.25) is 0 Å². The number of ether oxygens (including phenoxy) is 1. The molecule has 0 heterocycles. The third kappa shape index (κ3) is 5.20. The summed E-state index contributed by atoms with van der Waals surface area (Å²) in [4.78, 5) is 11.1. The van der Waals surface area contributed by atoms with Crippen LogP contribution < -0.4 is 10.1 Å². The average molecular weight is 330 g/mol. The SMILES string of the molecule is CCCC[C@H](NCc1cc(Br)ccc1OC)C(=O)O. The van der Waals surface area contributed by atoms with Crippen LogP contribution in [-0.4, -0.2) is 24.2 Å². The Bertz CT molecular complexity index is 423. The van der Waals surface area contributed by atoms with Crippen LogP contribution in [0.5, 0.6) is 5.75 Å². The fourth-order valence-electron chi connectivity index (χ4n) is 1.84. The van der Waals surface area contributed by atoms with Gasteiger partial charge in [0.25, 0.3) is 0 Å². The summed E-state index contributed by atoms with van der Waals surface area (Å²) in [6, 6.07) is 5.19. The molecule has 106 valence electrons. The Balaban J connectivity index is 2.67. The van der Waals surface area contributed by atoms with Crippen LogP contribution in [0.25, 0.3) is 0 Å². The normalized spacial score (nSPS) is 12.2. The first-order chi connectivity index (χ1) is 9.08. The van der Waals surface area contributed by atoms with Crippen molar-refractivity contribution in [2.24, 2.45) is 0 Å². The summed E-state index contributed by atoms with van der Waals surface area (Å²) in [6.45, 7) is 2.53. The van der Waals surface area contributed by atoms with E-state index in [2.05, 4.69) is 28.2 Å². The van der Waals surface area contributed by atoms with Crippen molar-refractivity contribution in [3.8, 4) is 5.75 Å². The summed E-state index contributed by atoms with van der Waals surface area (Å²) < 4.78 is 6.22.